The molecule has 0 atom stereocenters. The van der Waals surface area contributed by atoms with Crippen molar-refractivity contribution in [1.29, 1.82) is 0 Å². The molecule has 0 radical (unpaired) electrons. The van der Waals surface area contributed by atoms with Crippen LogP contribution in [0.15, 0.2) is 30.5 Å². The molecule has 1 saturated heterocycles. The fraction of sp³-hybridized carbons (Fsp3) is 0.400. The maximum absolute atomic E-state index is 11.5. The standard InChI is InChI=1S/C15H18N2O2/c1-19-15(18)17-8-6-11(7-9-17)13-10-16-14-5-3-2-4-12(13)14/h2-5,10-11,16H,6-9H2,1H3. The van der Waals surface area contributed by atoms with E-state index in [0.717, 1.165) is 25.9 Å². The van der Waals surface area contributed by atoms with Gasteiger partial charge in [0.25, 0.3) is 0 Å². The van der Waals surface area contributed by atoms with E-state index in [4.69, 9.17) is 4.74 Å². The summed E-state index contributed by atoms with van der Waals surface area (Å²) < 4.78 is 4.77. The van der Waals surface area contributed by atoms with Gasteiger partial charge in [-0.1, -0.05) is 18.2 Å². The minimum absolute atomic E-state index is 0.211. The fourth-order valence-corrected chi connectivity index (χ4v) is 2.93. The number of hydrogen-bond donors (Lipinski definition) is 1. The van der Waals surface area contributed by atoms with Crippen LogP contribution in [0, 0.1) is 0 Å². The van der Waals surface area contributed by atoms with E-state index in [1.807, 2.05) is 6.07 Å². The summed E-state index contributed by atoms with van der Waals surface area (Å²) in [5.41, 5.74) is 2.56. The fourth-order valence-electron chi connectivity index (χ4n) is 2.93. The third-order valence-electron chi connectivity index (χ3n) is 3.99. The first-order valence-electron chi connectivity index (χ1n) is 6.68. The third-order valence-corrected chi connectivity index (χ3v) is 3.99. The number of benzene rings is 1. The summed E-state index contributed by atoms with van der Waals surface area (Å²) in [6, 6.07) is 8.38. The number of hydrogen-bond acceptors (Lipinski definition) is 2. The van der Waals surface area contributed by atoms with Crippen molar-refractivity contribution in [2.75, 3.05) is 20.2 Å². The zero-order valence-electron chi connectivity index (χ0n) is 11.1. The predicted molar refractivity (Wildman–Crippen MR) is 74.3 cm³/mol. The van der Waals surface area contributed by atoms with Crippen LogP contribution in [0.2, 0.25) is 0 Å². The van der Waals surface area contributed by atoms with Crippen LogP contribution in [0.25, 0.3) is 10.9 Å². The molecule has 4 nitrogen and oxygen atoms in total. The second kappa shape index (κ2) is 4.96. The molecule has 0 aliphatic carbocycles. The van der Waals surface area contributed by atoms with Gasteiger partial charge in [-0.25, -0.2) is 4.79 Å². The highest BCUT2D eigenvalue weighted by molar-refractivity contribution is 5.83. The number of nitrogens with zero attached hydrogens (tertiary/aromatic N) is 1. The maximum Gasteiger partial charge on any atom is 0.409 e. The number of piperidine rings is 1. The van der Waals surface area contributed by atoms with E-state index in [9.17, 15) is 4.79 Å². The SMILES string of the molecule is COC(=O)N1CCC(c2c[nH]c3ccccc23)CC1. The van der Waals surface area contributed by atoms with Gasteiger partial charge >= 0.3 is 6.09 Å². The van der Waals surface area contributed by atoms with Crippen LogP contribution < -0.4 is 0 Å². The molecule has 19 heavy (non-hydrogen) atoms. The van der Waals surface area contributed by atoms with Crippen LogP contribution in [0.4, 0.5) is 4.79 Å². The van der Waals surface area contributed by atoms with E-state index in [-0.39, 0.29) is 6.09 Å². The number of carbonyl (C=O) groups excluding carboxylic acids is 1. The van der Waals surface area contributed by atoms with Gasteiger partial charge in [0, 0.05) is 30.2 Å². The molecule has 100 valence electrons. The van der Waals surface area contributed by atoms with Gasteiger partial charge in [0.05, 0.1) is 7.11 Å². The Bertz CT molecular complexity index is 583. The minimum Gasteiger partial charge on any atom is -0.453 e. The summed E-state index contributed by atoms with van der Waals surface area (Å²) in [5, 5.41) is 1.30. The maximum atomic E-state index is 11.5. The van der Waals surface area contributed by atoms with Crippen LogP contribution >= 0.6 is 0 Å². The summed E-state index contributed by atoms with van der Waals surface area (Å²) in [7, 11) is 1.44. The van der Waals surface area contributed by atoms with Gasteiger partial charge in [-0.15, -0.1) is 0 Å². The highest BCUT2D eigenvalue weighted by atomic mass is 16.5. The number of carbonyl (C=O) groups is 1. The number of rotatable bonds is 1. The number of likely N-dealkylation sites (tertiary alicyclic amines) is 1. The molecule has 1 amide bonds. The number of fused-ring (bicyclic) bond motifs is 1. The average molecular weight is 258 g/mol. The summed E-state index contributed by atoms with van der Waals surface area (Å²) in [6.45, 7) is 1.55. The van der Waals surface area contributed by atoms with Crippen molar-refractivity contribution in [3.8, 4) is 0 Å². The lowest BCUT2D eigenvalue weighted by molar-refractivity contribution is 0.112. The summed E-state index contributed by atoms with van der Waals surface area (Å²) >= 11 is 0. The van der Waals surface area contributed by atoms with Gasteiger partial charge < -0.3 is 14.6 Å². The number of H-pyrrole nitrogens is 1. The van der Waals surface area contributed by atoms with Crippen LogP contribution in [-0.2, 0) is 4.74 Å². The first kappa shape index (κ1) is 12.1. The van der Waals surface area contributed by atoms with Crippen molar-refractivity contribution in [1.82, 2.24) is 9.88 Å². The summed E-state index contributed by atoms with van der Waals surface area (Å²) in [4.78, 5) is 16.6. The van der Waals surface area contributed by atoms with Crippen molar-refractivity contribution in [2.45, 2.75) is 18.8 Å². The quantitative estimate of drug-likeness (QED) is 0.854. The Morgan fingerprint density at radius 1 is 1.32 bits per heavy atom. The van der Waals surface area contributed by atoms with E-state index in [2.05, 4.69) is 29.4 Å². The lowest BCUT2D eigenvalue weighted by atomic mass is 9.89. The normalized spacial score (nSPS) is 16.8. The largest absolute Gasteiger partial charge is 0.453 e. The molecule has 4 heteroatoms. The first-order chi connectivity index (χ1) is 9.29. The minimum atomic E-state index is -0.211. The molecular weight excluding hydrogens is 240 g/mol. The van der Waals surface area contributed by atoms with E-state index in [0.29, 0.717) is 5.92 Å². The Morgan fingerprint density at radius 3 is 2.79 bits per heavy atom. The van der Waals surface area contributed by atoms with Crippen molar-refractivity contribution >= 4 is 17.0 Å². The van der Waals surface area contributed by atoms with Crippen molar-refractivity contribution in [3.05, 3.63) is 36.0 Å². The molecule has 0 spiro atoms. The smallest absolute Gasteiger partial charge is 0.409 e. The van der Waals surface area contributed by atoms with E-state index < -0.39 is 0 Å². The molecule has 1 aliphatic heterocycles. The molecule has 1 aromatic heterocycles. The van der Waals surface area contributed by atoms with Gasteiger partial charge in [0.15, 0.2) is 0 Å². The molecule has 1 aliphatic rings. The number of para-hydroxylation sites is 1. The summed E-state index contributed by atoms with van der Waals surface area (Å²) in [6.07, 6.45) is 3.90. The number of amides is 1. The van der Waals surface area contributed by atoms with Crippen molar-refractivity contribution < 1.29 is 9.53 Å². The van der Waals surface area contributed by atoms with E-state index >= 15 is 0 Å². The topological polar surface area (TPSA) is 45.3 Å². The zero-order valence-corrected chi connectivity index (χ0v) is 11.1. The van der Waals surface area contributed by atoms with Gasteiger partial charge in [-0.3, -0.25) is 0 Å². The van der Waals surface area contributed by atoms with E-state index in [1.54, 1.807) is 4.90 Å². The zero-order chi connectivity index (χ0) is 13.2. The molecular formula is C15H18N2O2. The Morgan fingerprint density at radius 2 is 2.05 bits per heavy atom. The highest BCUT2D eigenvalue weighted by Gasteiger charge is 2.25. The van der Waals surface area contributed by atoms with E-state index in [1.165, 1.54) is 23.6 Å². The Kier molecular flexibility index (Phi) is 3.15. The molecule has 2 aromatic rings. The molecule has 0 bridgehead atoms. The Hall–Kier alpha value is -1.97. The second-order valence-electron chi connectivity index (χ2n) is 5.02. The van der Waals surface area contributed by atoms with Gasteiger partial charge in [0.1, 0.15) is 0 Å². The molecule has 3 rings (SSSR count). The molecule has 0 saturated carbocycles. The number of aromatic amines is 1. The van der Waals surface area contributed by atoms with Crippen LogP contribution in [0.1, 0.15) is 24.3 Å². The first-order valence-corrected chi connectivity index (χ1v) is 6.68. The van der Waals surface area contributed by atoms with Crippen molar-refractivity contribution in [3.63, 3.8) is 0 Å². The molecule has 1 N–H and O–H groups in total. The second-order valence-corrected chi connectivity index (χ2v) is 5.02. The average Bonchev–Trinajstić information content (AvgIpc) is 2.90. The lowest BCUT2D eigenvalue weighted by Gasteiger charge is -2.30. The van der Waals surface area contributed by atoms with Gasteiger partial charge in [-0.2, -0.15) is 0 Å². The number of aromatic nitrogens is 1. The Labute approximate surface area is 112 Å². The van der Waals surface area contributed by atoms with Gasteiger partial charge in [0.2, 0.25) is 0 Å². The number of methoxy groups -OCH3 is 1. The van der Waals surface area contributed by atoms with Crippen LogP contribution in [0.3, 0.4) is 0 Å². The molecule has 2 heterocycles. The van der Waals surface area contributed by atoms with Crippen molar-refractivity contribution in [2.24, 2.45) is 0 Å². The molecule has 1 aromatic carbocycles. The lowest BCUT2D eigenvalue weighted by Crippen LogP contribution is -2.37. The number of ether oxygens (including phenoxy) is 1. The van der Waals surface area contributed by atoms with Gasteiger partial charge in [-0.05, 0) is 30.4 Å². The number of nitrogens with one attached hydrogen (secondary N) is 1. The van der Waals surface area contributed by atoms with Crippen LogP contribution in [0.5, 0.6) is 0 Å². The molecule has 0 unspecified atom stereocenters. The highest BCUT2D eigenvalue weighted by Crippen LogP contribution is 2.33. The predicted octanol–water partition coefficient (Wildman–Crippen LogP) is 3.11. The monoisotopic (exact) mass is 258 g/mol. The van der Waals surface area contributed by atoms with Crippen LogP contribution in [-0.4, -0.2) is 36.2 Å². The molecule has 1 fully saturated rings. The Balaban J connectivity index is 1.77. The summed E-state index contributed by atoms with van der Waals surface area (Å²) in [5.74, 6) is 0.525. The third kappa shape index (κ3) is 2.18.